The van der Waals surface area contributed by atoms with E-state index in [9.17, 15) is 4.79 Å². The van der Waals surface area contributed by atoms with Crippen LogP contribution >= 0.6 is 0 Å². The van der Waals surface area contributed by atoms with Gasteiger partial charge in [0.05, 0.1) is 30.2 Å². The van der Waals surface area contributed by atoms with E-state index in [-0.39, 0.29) is 5.91 Å². The third-order valence-corrected chi connectivity index (χ3v) is 3.15. The molecule has 0 fully saturated rings. The zero-order valence-electron chi connectivity index (χ0n) is 11.6. The Bertz CT molecular complexity index is 744. The summed E-state index contributed by atoms with van der Waals surface area (Å²) in [4.78, 5) is 12.1. The maximum atomic E-state index is 12.1. The molecule has 1 aromatic carbocycles. The highest BCUT2D eigenvalue weighted by Crippen LogP contribution is 2.11. The van der Waals surface area contributed by atoms with Gasteiger partial charge in [0.25, 0.3) is 5.91 Å². The second-order valence-electron chi connectivity index (χ2n) is 4.77. The van der Waals surface area contributed by atoms with E-state index < -0.39 is 0 Å². The Morgan fingerprint density at radius 3 is 2.81 bits per heavy atom. The minimum atomic E-state index is -0.194. The highest BCUT2D eigenvalue weighted by molar-refractivity contribution is 6.04. The summed E-state index contributed by atoms with van der Waals surface area (Å²) < 4.78 is 1.78. The van der Waals surface area contributed by atoms with E-state index in [4.69, 9.17) is 0 Å². The van der Waals surface area contributed by atoms with Crippen molar-refractivity contribution in [1.82, 2.24) is 20.0 Å². The van der Waals surface area contributed by atoms with E-state index >= 15 is 0 Å². The molecule has 106 valence electrons. The second-order valence-corrected chi connectivity index (χ2v) is 4.77. The Kier molecular flexibility index (Phi) is 3.51. The zero-order chi connectivity index (χ0) is 14.7. The summed E-state index contributed by atoms with van der Waals surface area (Å²) in [5.41, 5.74) is 3.09. The molecule has 6 nitrogen and oxygen atoms in total. The molecule has 6 heteroatoms. The van der Waals surface area contributed by atoms with Crippen LogP contribution in [0.3, 0.4) is 0 Å². The first-order chi connectivity index (χ1) is 10.2. The SMILES string of the molecule is Cc1[nH]ncc1C(=O)Nc1cnn(Cc2ccccc2)c1. The van der Waals surface area contributed by atoms with E-state index in [0.29, 0.717) is 17.8 Å². The van der Waals surface area contributed by atoms with Crippen LogP contribution in [0.5, 0.6) is 0 Å². The summed E-state index contributed by atoms with van der Waals surface area (Å²) in [5.74, 6) is -0.194. The molecule has 0 saturated carbocycles. The van der Waals surface area contributed by atoms with E-state index in [1.54, 1.807) is 24.0 Å². The first-order valence-electron chi connectivity index (χ1n) is 6.60. The van der Waals surface area contributed by atoms with Gasteiger partial charge in [-0.2, -0.15) is 10.2 Å². The first kappa shape index (κ1) is 13.1. The molecule has 0 atom stereocenters. The number of aromatic amines is 1. The number of benzene rings is 1. The normalized spacial score (nSPS) is 10.5. The third kappa shape index (κ3) is 3.00. The van der Waals surface area contributed by atoms with Crippen LogP contribution in [0, 0.1) is 6.92 Å². The molecular weight excluding hydrogens is 266 g/mol. The fourth-order valence-electron chi connectivity index (χ4n) is 2.06. The lowest BCUT2D eigenvalue weighted by Gasteiger charge is -2.02. The minimum absolute atomic E-state index is 0.194. The molecule has 0 aliphatic carbocycles. The van der Waals surface area contributed by atoms with Crippen molar-refractivity contribution in [3.05, 3.63) is 65.7 Å². The summed E-state index contributed by atoms with van der Waals surface area (Å²) in [6, 6.07) is 10.0. The Labute approximate surface area is 121 Å². The number of nitrogens with zero attached hydrogens (tertiary/aromatic N) is 3. The number of amides is 1. The van der Waals surface area contributed by atoms with Gasteiger partial charge < -0.3 is 5.32 Å². The molecular formula is C15H15N5O. The number of anilines is 1. The predicted octanol–water partition coefficient (Wildman–Crippen LogP) is 2.22. The molecule has 0 radical (unpaired) electrons. The molecule has 0 bridgehead atoms. The average Bonchev–Trinajstić information content (AvgIpc) is 3.09. The molecule has 2 heterocycles. The van der Waals surface area contributed by atoms with Crippen LogP contribution in [0.25, 0.3) is 0 Å². The van der Waals surface area contributed by atoms with Crippen LogP contribution in [0.4, 0.5) is 5.69 Å². The van der Waals surface area contributed by atoms with Crippen LogP contribution in [0.15, 0.2) is 48.9 Å². The third-order valence-electron chi connectivity index (χ3n) is 3.15. The number of hydrogen-bond acceptors (Lipinski definition) is 3. The van der Waals surface area contributed by atoms with Crippen molar-refractivity contribution in [2.75, 3.05) is 5.32 Å². The first-order valence-corrected chi connectivity index (χ1v) is 6.60. The van der Waals surface area contributed by atoms with E-state index in [2.05, 4.69) is 20.6 Å². The van der Waals surface area contributed by atoms with E-state index in [1.807, 2.05) is 30.3 Å². The highest BCUT2D eigenvalue weighted by atomic mass is 16.1. The molecule has 0 unspecified atom stereocenters. The molecule has 0 spiro atoms. The number of H-pyrrole nitrogens is 1. The van der Waals surface area contributed by atoms with E-state index in [1.165, 1.54) is 6.20 Å². The van der Waals surface area contributed by atoms with Gasteiger partial charge >= 0.3 is 0 Å². The standard InChI is InChI=1S/C15H15N5O/c1-11-14(8-16-19-11)15(21)18-13-7-17-20(10-13)9-12-5-3-2-4-6-12/h2-8,10H,9H2,1H3,(H,16,19)(H,18,21). The molecule has 2 aromatic heterocycles. The Hall–Kier alpha value is -2.89. The summed E-state index contributed by atoms with van der Waals surface area (Å²) in [6.07, 6.45) is 4.95. The summed E-state index contributed by atoms with van der Waals surface area (Å²) >= 11 is 0. The van der Waals surface area contributed by atoms with Gasteiger partial charge in [-0.15, -0.1) is 0 Å². The second kappa shape index (κ2) is 5.62. The smallest absolute Gasteiger partial charge is 0.259 e. The summed E-state index contributed by atoms with van der Waals surface area (Å²) in [7, 11) is 0. The number of hydrogen-bond donors (Lipinski definition) is 2. The zero-order valence-corrected chi connectivity index (χ0v) is 11.6. The van der Waals surface area contributed by atoms with Crippen LogP contribution in [-0.2, 0) is 6.54 Å². The summed E-state index contributed by atoms with van der Waals surface area (Å²) in [6.45, 7) is 2.47. The molecule has 3 rings (SSSR count). The number of rotatable bonds is 4. The Morgan fingerprint density at radius 2 is 2.10 bits per heavy atom. The van der Waals surface area contributed by atoms with Crippen LogP contribution in [-0.4, -0.2) is 25.9 Å². The van der Waals surface area contributed by atoms with Gasteiger partial charge in [-0.25, -0.2) is 0 Å². The van der Waals surface area contributed by atoms with E-state index in [0.717, 1.165) is 11.3 Å². The van der Waals surface area contributed by atoms with Gasteiger partial charge in [0.1, 0.15) is 0 Å². The maximum absolute atomic E-state index is 12.1. The quantitative estimate of drug-likeness (QED) is 0.770. The lowest BCUT2D eigenvalue weighted by Crippen LogP contribution is -2.11. The van der Waals surface area contributed by atoms with Crippen molar-refractivity contribution in [1.29, 1.82) is 0 Å². The minimum Gasteiger partial charge on any atom is -0.319 e. The van der Waals surface area contributed by atoms with Gasteiger partial charge in [0.15, 0.2) is 0 Å². The Balaban J connectivity index is 1.68. The largest absolute Gasteiger partial charge is 0.319 e. The van der Waals surface area contributed by atoms with Crippen molar-refractivity contribution >= 4 is 11.6 Å². The van der Waals surface area contributed by atoms with Crippen molar-refractivity contribution in [3.8, 4) is 0 Å². The number of nitrogens with one attached hydrogen (secondary N) is 2. The van der Waals surface area contributed by atoms with Gasteiger partial charge in [-0.1, -0.05) is 30.3 Å². The molecule has 0 aliphatic heterocycles. The van der Waals surface area contributed by atoms with Gasteiger partial charge in [0, 0.05) is 11.9 Å². The highest BCUT2D eigenvalue weighted by Gasteiger charge is 2.11. The van der Waals surface area contributed by atoms with Gasteiger partial charge in [0.2, 0.25) is 0 Å². The van der Waals surface area contributed by atoms with Gasteiger partial charge in [-0.05, 0) is 12.5 Å². The van der Waals surface area contributed by atoms with Crippen molar-refractivity contribution in [3.63, 3.8) is 0 Å². The number of aryl methyl sites for hydroxylation is 1. The topological polar surface area (TPSA) is 75.6 Å². The van der Waals surface area contributed by atoms with Crippen LogP contribution < -0.4 is 5.32 Å². The van der Waals surface area contributed by atoms with Crippen LogP contribution in [0.1, 0.15) is 21.6 Å². The number of carbonyl (C=O) groups excluding carboxylic acids is 1. The Morgan fingerprint density at radius 1 is 1.29 bits per heavy atom. The molecule has 0 aliphatic rings. The average molecular weight is 281 g/mol. The lowest BCUT2D eigenvalue weighted by atomic mass is 10.2. The van der Waals surface area contributed by atoms with Crippen LogP contribution in [0.2, 0.25) is 0 Å². The maximum Gasteiger partial charge on any atom is 0.259 e. The molecule has 0 saturated heterocycles. The molecule has 21 heavy (non-hydrogen) atoms. The number of carbonyl (C=O) groups is 1. The molecule has 3 aromatic rings. The van der Waals surface area contributed by atoms with Gasteiger partial charge in [-0.3, -0.25) is 14.6 Å². The van der Waals surface area contributed by atoms with Crippen molar-refractivity contribution in [2.24, 2.45) is 0 Å². The summed E-state index contributed by atoms with van der Waals surface area (Å²) in [5, 5.41) is 13.6. The van der Waals surface area contributed by atoms with Crippen molar-refractivity contribution in [2.45, 2.75) is 13.5 Å². The lowest BCUT2D eigenvalue weighted by molar-refractivity contribution is 0.102. The fourth-order valence-corrected chi connectivity index (χ4v) is 2.06. The molecule has 1 amide bonds. The predicted molar refractivity (Wildman–Crippen MR) is 79.0 cm³/mol. The fraction of sp³-hybridized carbons (Fsp3) is 0.133. The molecule has 2 N–H and O–H groups in total. The number of aromatic nitrogens is 4. The van der Waals surface area contributed by atoms with Crippen molar-refractivity contribution < 1.29 is 4.79 Å². The monoisotopic (exact) mass is 281 g/mol.